The van der Waals surface area contributed by atoms with Crippen LogP contribution in [0.15, 0.2) is 46.9 Å². The summed E-state index contributed by atoms with van der Waals surface area (Å²) in [5.41, 5.74) is 1.91. The van der Waals surface area contributed by atoms with E-state index in [1.807, 2.05) is 30.3 Å². The van der Waals surface area contributed by atoms with Crippen molar-refractivity contribution in [3.05, 3.63) is 61.6 Å². The van der Waals surface area contributed by atoms with E-state index in [-0.39, 0.29) is 0 Å². The first-order chi connectivity index (χ1) is 9.06. The van der Waals surface area contributed by atoms with E-state index < -0.39 is 6.10 Å². The Labute approximate surface area is 135 Å². The number of aliphatic hydroxyl groups excluding tert-OH is 1. The minimum Gasteiger partial charge on any atom is -0.488 e. The molecular weight excluding hydrogens is 419 g/mol. The molecule has 2 rings (SSSR count). The molecule has 1 unspecified atom stereocenters. The van der Waals surface area contributed by atoms with E-state index >= 15 is 0 Å². The molecule has 1 atom stereocenters. The SMILES string of the molecule is CC(O)c1ccc(Br)cc1OCc1ccc(I)cc1. The summed E-state index contributed by atoms with van der Waals surface area (Å²) >= 11 is 5.69. The molecule has 2 aromatic carbocycles. The molecular formula is C15H14BrIO2. The molecule has 0 aliphatic carbocycles. The van der Waals surface area contributed by atoms with Crippen LogP contribution >= 0.6 is 38.5 Å². The Kier molecular flexibility index (Phi) is 5.24. The molecule has 0 amide bonds. The van der Waals surface area contributed by atoms with E-state index in [9.17, 15) is 5.11 Å². The highest BCUT2D eigenvalue weighted by atomic mass is 127. The van der Waals surface area contributed by atoms with Crippen molar-refractivity contribution >= 4 is 38.5 Å². The van der Waals surface area contributed by atoms with Crippen LogP contribution in [0.5, 0.6) is 5.75 Å². The summed E-state index contributed by atoms with van der Waals surface area (Å²) < 4.78 is 7.95. The molecule has 2 nitrogen and oxygen atoms in total. The van der Waals surface area contributed by atoms with Gasteiger partial charge < -0.3 is 9.84 Å². The first-order valence-electron chi connectivity index (χ1n) is 5.91. The summed E-state index contributed by atoms with van der Waals surface area (Å²) in [4.78, 5) is 0. The van der Waals surface area contributed by atoms with Crippen LogP contribution in [0, 0.1) is 3.57 Å². The second-order valence-electron chi connectivity index (χ2n) is 4.27. The lowest BCUT2D eigenvalue weighted by Gasteiger charge is -2.14. The molecule has 0 saturated heterocycles. The van der Waals surface area contributed by atoms with Crippen LogP contribution < -0.4 is 4.74 Å². The number of ether oxygens (including phenoxy) is 1. The fourth-order valence-electron chi connectivity index (χ4n) is 1.72. The van der Waals surface area contributed by atoms with Crippen LogP contribution in [0.25, 0.3) is 0 Å². The zero-order chi connectivity index (χ0) is 13.8. The molecule has 0 fully saturated rings. The smallest absolute Gasteiger partial charge is 0.126 e. The fraction of sp³-hybridized carbons (Fsp3) is 0.200. The van der Waals surface area contributed by atoms with Gasteiger partial charge in [-0.2, -0.15) is 0 Å². The highest BCUT2D eigenvalue weighted by molar-refractivity contribution is 14.1. The Hall–Kier alpha value is -0.590. The van der Waals surface area contributed by atoms with Crippen LogP contribution in [0.3, 0.4) is 0 Å². The normalized spacial score (nSPS) is 12.2. The maximum atomic E-state index is 9.73. The molecule has 0 radical (unpaired) electrons. The lowest BCUT2D eigenvalue weighted by molar-refractivity contribution is 0.190. The van der Waals surface area contributed by atoms with Crippen LogP contribution in [0.1, 0.15) is 24.2 Å². The van der Waals surface area contributed by atoms with Crippen molar-refractivity contribution in [2.45, 2.75) is 19.6 Å². The molecule has 100 valence electrons. The number of hydrogen-bond acceptors (Lipinski definition) is 2. The van der Waals surface area contributed by atoms with Gasteiger partial charge in [0.05, 0.1) is 6.10 Å². The lowest BCUT2D eigenvalue weighted by Crippen LogP contribution is -2.01. The number of hydrogen-bond donors (Lipinski definition) is 1. The highest BCUT2D eigenvalue weighted by Crippen LogP contribution is 2.29. The van der Waals surface area contributed by atoms with Gasteiger partial charge in [0.15, 0.2) is 0 Å². The van der Waals surface area contributed by atoms with Gasteiger partial charge in [-0.25, -0.2) is 0 Å². The van der Waals surface area contributed by atoms with E-state index in [0.29, 0.717) is 12.4 Å². The summed E-state index contributed by atoms with van der Waals surface area (Å²) in [6, 6.07) is 13.8. The zero-order valence-corrected chi connectivity index (χ0v) is 14.2. The minimum absolute atomic E-state index is 0.493. The van der Waals surface area contributed by atoms with Crippen molar-refractivity contribution in [1.29, 1.82) is 0 Å². The lowest BCUT2D eigenvalue weighted by atomic mass is 10.1. The quantitative estimate of drug-likeness (QED) is 0.710. The maximum absolute atomic E-state index is 9.73. The van der Waals surface area contributed by atoms with E-state index in [4.69, 9.17) is 4.74 Å². The van der Waals surface area contributed by atoms with E-state index in [1.165, 1.54) is 3.57 Å². The van der Waals surface area contributed by atoms with E-state index in [2.05, 4.69) is 50.7 Å². The van der Waals surface area contributed by atoms with Gasteiger partial charge in [-0.15, -0.1) is 0 Å². The maximum Gasteiger partial charge on any atom is 0.126 e. The van der Waals surface area contributed by atoms with Gasteiger partial charge >= 0.3 is 0 Å². The third kappa shape index (κ3) is 4.19. The van der Waals surface area contributed by atoms with Crippen molar-refractivity contribution < 1.29 is 9.84 Å². The molecule has 2 aromatic rings. The predicted molar refractivity (Wildman–Crippen MR) is 88.3 cm³/mol. The molecule has 0 bridgehead atoms. The highest BCUT2D eigenvalue weighted by Gasteiger charge is 2.09. The Morgan fingerprint density at radius 2 is 1.89 bits per heavy atom. The van der Waals surface area contributed by atoms with Crippen LogP contribution in [0.4, 0.5) is 0 Å². The van der Waals surface area contributed by atoms with Crippen molar-refractivity contribution in [2.75, 3.05) is 0 Å². The van der Waals surface area contributed by atoms with Gasteiger partial charge in [-0.05, 0) is 59.3 Å². The molecule has 19 heavy (non-hydrogen) atoms. The number of rotatable bonds is 4. The van der Waals surface area contributed by atoms with Gasteiger partial charge in [0.1, 0.15) is 12.4 Å². The van der Waals surface area contributed by atoms with Crippen molar-refractivity contribution in [2.24, 2.45) is 0 Å². The predicted octanol–water partition coefficient (Wildman–Crippen LogP) is 4.69. The molecule has 0 saturated carbocycles. The van der Waals surface area contributed by atoms with Crippen molar-refractivity contribution in [3.8, 4) is 5.75 Å². The Bertz CT molecular complexity index is 553. The molecule has 0 spiro atoms. The van der Waals surface area contributed by atoms with Gasteiger partial charge in [-0.3, -0.25) is 0 Å². The van der Waals surface area contributed by atoms with Gasteiger partial charge in [-0.1, -0.05) is 34.1 Å². The Morgan fingerprint density at radius 1 is 1.21 bits per heavy atom. The topological polar surface area (TPSA) is 29.5 Å². The summed E-state index contributed by atoms with van der Waals surface area (Å²) in [6.45, 7) is 2.23. The third-order valence-corrected chi connectivity index (χ3v) is 3.95. The van der Waals surface area contributed by atoms with Crippen molar-refractivity contribution in [3.63, 3.8) is 0 Å². The van der Waals surface area contributed by atoms with Crippen LogP contribution in [-0.4, -0.2) is 5.11 Å². The Morgan fingerprint density at radius 3 is 2.53 bits per heavy atom. The van der Waals surface area contributed by atoms with Gasteiger partial charge in [0.2, 0.25) is 0 Å². The zero-order valence-electron chi connectivity index (χ0n) is 10.4. The number of aliphatic hydroxyl groups is 1. The van der Waals surface area contributed by atoms with Gasteiger partial charge in [0.25, 0.3) is 0 Å². The number of halogens is 2. The first-order valence-corrected chi connectivity index (χ1v) is 7.78. The van der Waals surface area contributed by atoms with E-state index in [0.717, 1.165) is 15.6 Å². The fourth-order valence-corrected chi connectivity index (χ4v) is 2.42. The standard InChI is InChI=1S/C15H14BrIO2/c1-10(18)14-7-4-12(16)8-15(14)19-9-11-2-5-13(17)6-3-11/h2-8,10,18H,9H2,1H3. The van der Waals surface area contributed by atoms with Crippen LogP contribution in [0.2, 0.25) is 0 Å². The average Bonchev–Trinajstić information content (AvgIpc) is 2.38. The monoisotopic (exact) mass is 432 g/mol. The number of benzene rings is 2. The first kappa shape index (κ1) is 14.8. The summed E-state index contributed by atoms with van der Waals surface area (Å²) in [7, 11) is 0. The molecule has 0 aliphatic rings. The second-order valence-corrected chi connectivity index (χ2v) is 6.43. The molecule has 4 heteroatoms. The van der Waals surface area contributed by atoms with Gasteiger partial charge in [0, 0.05) is 13.6 Å². The largest absolute Gasteiger partial charge is 0.488 e. The summed E-state index contributed by atoms with van der Waals surface area (Å²) in [6.07, 6.45) is -0.542. The summed E-state index contributed by atoms with van der Waals surface area (Å²) in [5, 5.41) is 9.73. The molecule has 1 N–H and O–H groups in total. The molecule has 0 aromatic heterocycles. The average molecular weight is 433 g/mol. The minimum atomic E-state index is -0.542. The molecule has 0 heterocycles. The van der Waals surface area contributed by atoms with E-state index in [1.54, 1.807) is 6.92 Å². The third-order valence-electron chi connectivity index (χ3n) is 2.73. The summed E-state index contributed by atoms with van der Waals surface area (Å²) in [5.74, 6) is 0.711. The Balaban J connectivity index is 2.14. The molecule has 0 aliphatic heterocycles. The second kappa shape index (κ2) is 6.72. The van der Waals surface area contributed by atoms with Crippen molar-refractivity contribution in [1.82, 2.24) is 0 Å². The van der Waals surface area contributed by atoms with Crippen LogP contribution in [-0.2, 0) is 6.61 Å².